The molecule has 0 bridgehead atoms. The number of methoxy groups -OCH3 is 1. The molecule has 7 heteroatoms. The third-order valence-electron chi connectivity index (χ3n) is 3.41. The second-order valence-corrected chi connectivity index (χ2v) is 5.13. The van der Waals surface area contributed by atoms with E-state index in [1.165, 1.54) is 7.11 Å². The van der Waals surface area contributed by atoms with Crippen LogP contribution in [0.5, 0.6) is 0 Å². The number of ether oxygens (including phenoxy) is 1. The molecule has 0 aliphatic rings. The van der Waals surface area contributed by atoms with Gasteiger partial charge in [0.05, 0.1) is 12.8 Å². The van der Waals surface area contributed by atoms with Crippen LogP contribution in [0.25, 0.3) is 11.3 Å². The molecular weight excluding hydrogens is 296 g/mol. The van der Waals surface area contributed by atoms with Crippen LogP contribution in [0.1, 0.15) is 24.8 Å². The molecule has 0 atom stereocenters. The summed E-state index contributed by atoms with van der Waals surface area (Å²) in [6.45, 7) is 0.399. The lowest BCUT2D eigenvalue weighted by Gasteiger charge is -2.07. The molecule has 0 aromatic carbocycles. The van der Waals surface area contributed by atoms with Gasteiger partial charge in [0.1, 0.15) is 0 Å². The first-order valence-electron chi connectivity index (χ1n) is 7.36. The minimum Gasteiger partial charge on any atom is -0.469 e. The van der Waals surface area contributed by atoms with Crippen LogP contribution in [0, 0.1) is 0 Å². The number of carbonyl (C=O) groups is 2. The van der Waals surface area contributed by atoms with E-state index in [-0.39, 0.29) is 18.3 Å². The van der Waals surface area contributed by atoms with E-state index in [1.807, 2.05) is 19.2 Å². The van der Waals surface area contributed by atoms with E-state index in [0.717, 1.165) is 16.8 Å². The van der Waals surface area contributed by atoms with Gasteiger partial charge in [-0.15, -0.1) is 0 Å². The lowest BCUT2D eigenvalue weighted by atomic mass is 10.1. The average molecular weight is 316 g/mol. The number of hydrogen-bond donors (Lipinski definition) is 1. The molecule has 0 saturated heterocycles. The number of rotatable bonds is 7. The normalized spacial score (nSPS) is 10.3. The Morgan fingerprint density at radius 1 is 1.30 bits per heavy atom. The van der Waals surface area contributed by atoms with Gasteiger partial charge in [-0.2, -0.15) is 5.10 Å². The molecule has 2 heterocycles. The Morgan fingerprint density at radius 3 is 2.83 bits per heavy atom. The number of aromatic nitrogens is 3. The van der Waals surface area contributed by atoms with Gasteiger partial charge < -0.3 is 10.1 Å². The molecular formula is C16H20N4O3. The summed E-state index contributed by atoms with van der Waals surface area (Å²) in [5.74, 6) is -0.397. The monoisotopic (exact) mass is 316 g/mol. The van der Waals surface area contributed by atoms with E-state index >= 15 is 0 Å². The van der Waals surface area contributed by atoms with Crippen molar-refractivity contribution in [3.05, 3.63) is 36.3 Å². The van der Waals surface area contributed by atoms with Crippen LogP contribution in [0.15, 0.2) is 30.7 Å². The van der Waals surface area contributed by atoms with Crippen molar-refractivity contribution in [1.82, 2.24) is 20.1 Å². The smallest absolute Gasteiger partial charge is 0.305 e. The number of pyridine rings is 1. The number of carbonyl (C=O) groups excluding carboxylic acids is 2. The minimum absolute atomic E-state index is 0.0974. The topological polar surface area (TPSA) is 86.1 Å². The van der Waals surface area contributed by atoms with Crippen molar-refractivity contribution in [1.29, 1.82) is 0 Å². The number of nitrogens with one attached hydrogen (secondary N) is 1. The first-order chi connectivity index (χ1) is 11.1. The predicted octanol–water partition coefficient (Wildman–Crippen LogP) is 1.44. The van der Waals surface area contributed by atoms with Crippen molar-refractivity contribution in [3.63, 3.8) is 0 Å². The van der Waals surface area contributed by atoms with Crippen LogP contribution in [0.2, 0.25) is 0 Å². The van der Waals surface area contributed by atoms with Crippen LogP contribution >= 0.6 is 0 Å². The molecule has 0 saturated carbocycles. The summed E-state index contributed by atoms with van der Waals surface area (Å²) in [5, 5.41) is 6.96. The van der Waals surface area contributed by atoms with Gasteiger partial charge in [-0.1, -0.05) is 0 Å². The zero-order valence-corrected chi connectivity index (χ0v) is 13.3. The summed E-state index contributed by atoms with van der Waals surface area (Å²) in [6.07, 6.45) is 6.23. The standard InChI is InChI=1S/C16H20N4O3/c1-20-14(6-7-19-20)13-8-12(9-17-11-13)10-18-15(21)4-3-5-16(22)23-2/h6-9,11H,3-5,10H2,1-2H3,(H,18,21). The number of nitrogens with zero attached hydrogens (tertiary/aromatic N) is 3. The fourth-order valence-electron chi connectivity index (χ4n) is 2.17. The number of amides is 1. The third-order valence-corrected chi connectivity index (χ3v) is 3.41. The van der Waals surface area contributed by atoms with Gasteiger partial charge in [-0.05, 0) is 24.1 Å². The molecule has 2 rings (SSSR count). The summed E-state index contributed by atoms with van der Waals surface area (Å²) in [7, 11) is 3.20. The summed E-state index contributed by atoms with van der Waals surface area (Å²) in [5.41, 5.74) is 2.82. The van der Waals surface area contributed by atoms with Crippen LogP contribution in [-0.2, 0) is 27.9 Å². The molecule has 0 unspecified atom stereocenters. The van der Waals surface area contributed by atoms with E-state index in [1.54, 1.807) is 23.3 Å². The van der Waals surface area contributed by atoms with E-state index in [9.17, 15) is 9.59 Å². The van der Waals surface area contributed by atoms with Crippen LogP contribution in [-0.4, -0.2) is 33.8 Å². The van der Waals surface area contributed by atoms with Crippen LogP contribution in [0.3, 0.4) is 0 Å². The predicted molar refractivity (Wildman–Crippen MR) is 84.2 cm³/mol. The Balaban J connectivity index is 1.85. The van der Waals surface area contributed by atoms with Crippen molar-refractivity contribution < 1.29 is 14.3 Å². The Morgan fingerprint density at radius 2 is 2.13 bits per heavy atom. The zero-order chi connectivity index (χ0) is 16.7. The van der Waals surface area contributed by atoms with E-state index in [4.69, 9.17) is 0 Å². The zero-order valence-electron chi connectivity index (χ0n) is 13.3. The average Bonchev–Trinajstić information content (AvgIpc) is 2.99. The van der Waals surface area contributed by atoms with Gasteiger partial charge in [0.15, 0.2) is 0 Å². The van der Waals surface area contributed by atoms with Crippen LogP contribution in [0.4, 0.5) is 0 Å². The van der Waals surface area contributed by atoms with Crippen molar-refractivity contribution >= 4 is 11.9 Å². The maximum atomic E-state index is 11.8. The maximum Gasteiger partial charge on any atom is 0.305 e. The molecule has 0 spiro atoms. The second-order valence-electron chi connectivity index (χ2n) is 5.13. The lowest BCUT2D eigenvalue weighted by Crippen LogP contribution is -2.22. The van der Waals surface area contributed by atoms with Crippen LogP contribution < -0.4 is 5.32 Å². The fraction of sp³-hybridized carbons (Fsp3) is 0.375. The van der Waals surface area contributed by atoms with Gasteiger partial charge in [0.25, 0.3) is 0 Å². The van der Waals surface area contributed by atoms with Crippen molar-refractivity contribution in [3.8, 4) is 11.3 Å². The van der Waals surface area contributed by atoms with Gasteiger partial charge in [0.2, 0.25) is 5.91 Å². The quantitative estimate of drug-likeness (QED) is 0.781. The summed E-state index contributed by atoms with van der Waals surface area (Å²) in [4.78, 5) is 26.9. The SMILES string of the molecule is COC(=O)CCCC(=O)NCc1cncc(-c2ccnn2C)c1. The Hall–Kier alpha value is -2.70. The molecule has 7 nitrogen and oxygen atoms in total. The van der Waals surface area contributed by atoms with Crippen molar-refractivity contribution in [2.75, 3.05) is 7.11 Å². The lowest BCUT2D eigenvalue weighted by molar-refractivity contribution is -0.140. The molecule has 23 heavy (non-hydrogen) atoms. The highest BCUT2D eigenvalue weighted by Gasteiger charge is 2.07. The fourth-order valence-corrected chi connectivity index (χ4v) is 2.17. The maximum absolute atomic E-state index is 11.8. The van der Waals surface area contributed by atoms with Gasteiger partial charge in [-0.25, -0.2) is 0 Å². The van der Waals surface area contributed by atoms with E-state index in [2.05, 4.69) is 20.1 Å². The van der Waals surface area contributed by atoms with Gasteiger partial charge in [-0.3, -0.25) is 19.3 Å². The minimum atomic E-state index is -0.300. The molecule has 2 aromatic heterocycles. The highest BCUT2D eigenvalue weighted by molar-refractivity contribution is 5.77. The largest absolute Gasteiger partial charge is 0.469 e. The first kappa shape index (κ1) is 16.7. The molecule has 2 aromatic rings. The number of esters is 1. The molecule has 1 amide bonds. The van der Waals surface area contributed by atoms with Gasteiger partial charge in [0, 0.05) is 50.6 Å². The molecule has 0 aliphatic carbocycles. The third kappa shape index (κ3) is 4.91. The Kier molecular flexibility index (Phi) is 5.85. The summed E-state index contributed by atoms with van der Waals surface area (Å²) in [6, 6.07) is 3.88. The Bertz CT molecular complexity index is 681. The highest BCUT2D eigenvalue weighted by atomic mass is 16.5. The molecule has 0 fully saturated rings. The number of hydrogen-bond acceptors (Lipinski definition) is 5. The summed E-state index contributed by atoms with van der Waals surface area (Å²) < 4.78 is 6.30. The van der Waals surface area contributed by atoms with Crippen molar-refractivity contribution in [2.24, 2.45) is 7.05 Å². The Labute approximate surface area is 134 Å². The van der Waals surface area contributed by atoms with E-state index in [0.29, 0.717) is 19.4 Å². The molecule has 0 aliphatic heterocycles. The first-order valence-corrected chi connectivity index (χ1v) is 7.36. The molecule has 1 N–H and O–H groups in total. The second kappa shape index (κ2) is 8.07. The molecule has 0 radical (unpaired) electrons. The highest BCUT2D eigenvalue weighted by Crippen LogP contribution is 2.18. The number of aryl methyl sites for hydroxylation is 1. The van der Waals surface area contributed by atoms with Crippen molar-refractivity contribution in [2.45, 2.75) is 25.8 Å². The molecule has 122 valence electrons. The van der Waals surface area contributed by atoms with E-state index < -0.39 is 0 Å². The summed E-state index contributed by atoms with van der Waals surface area (Å²) >= 11 is 0. The van der Waals surface area contributed by atoms with Gasteiger partial charge >= 0.3 is 5.97 Å².